The molecule has 0 aliphatic carbocycles. The summed E-state index contributed by atoms with van der Waals surface area (Å²) in [6.45, 7) is 3.28. The standard InChI is InChI=1S/C17H17FN4O3/c1-11-10-21(15-5-3-2-4-12(15)18)6-7-22(11)16(23)13-8-20-14(9-19-13)17(24)25/h2-5,8-9,11H,6-7,10H2,1H3,(H,24,25). The highest BCUT2D eigenvalue weighted by molar-refractivity contribution is 5.93. The largest absolute Gasteiger partial charge is 0.476 e. The van der Waals surface area contributed by atoms with E-state index in [0.717, 1.165) is 6.20 Å². The van der Waals surface area contributed by atoms with Crippen molar-refractivity contribution in [1.82, 2.24) is 14.9 Å². The summed E-state index contributed by atoms with van der Waals surface area (Å²) < 4.78 is 13.9. The molecule has 1 saturated heterocycles. The summed E-state index contributed by atoms with van der Waals surface area (Å²) in [5.74, 6) is -1.80. The normalized spacial score (nSPS) is 17.4. The molecule has 0 bridgehead atoms. The number of anilines is 1. The van der Waals surface area contributed by atoms with E-state index in [2.05, 4.69) is 9.97 Å². The average molecular weight is 344 g/mol. The van der Waals surface area contributed by atoms with Gasteiger partial charge in [0, 0.05) is 25.7 Å². The van der Waals surface area contributed by atoms with Crippen LogP contribution in [0.4, 0.5) is 10.1 Å². The first-order chi connectivity index (χ1) is 12.0. The van der Waals surface area contributed by atoms with E-state index >= 15 is 0 Å². The van der Waals surface area contributed by atoms with Gasteiger partial charge < -0.3 is 14.9 Å². The molecular formula is C17H17FN4O3. The van der Waals surface area contributed by atoms with Gasteiger partial charge in [0.15, 0.2) is 5.69 Å². The summed E-state index contributed by atoms with van der Waals surface area (Å²) in [5, 5.41) is 8.83. The van der Waals surface area contributed by atoms with Gasteiger partial charge in [-0.15, -0.1) is 0 Å². The lowest BCUT2D eigenvalue weighted by molar-refractivity contribution is 0.0657. The Labute approximate surface area is 143 Å². The summed E-state index contributed by atoms with van der Waals surface area (Å²) in [7, 11) is 0. The van der Waals surface area contributed by atoms with Gasteiger partial charge in [0.25, 0.3) is 5.91 Å². The zero-order chi connectivity index (χ0) is 18.0. The summed E-state index contributed by atoms with van der Waals surface area (Å²) in [4.78, 5) is 34.5. The molecular weight excluding hydrogens is 327 g/mol. The number of carbonyl (C=O) groups is 2. The summed E-state index contributed by atoms with van der Waals surface area (Å²) in [6, 6.07) is 6.40. The first-order valence-electron chi connectivity index (χ1n) is 7.83. The first kappa shape index (κ1) is 16.8. The third-order valence-corrected chi connectivity index (χ3v) is 4.17. The molecule has 1 fully saturated rings. The van der Waals surface area contributed by atoms with Crippen LogP contribution in [-0.2, 0) is 0 Å². The van der Waals surface area contributed by atoms with Crippen LogP contribution in [0.3, 0.4) is 0 Å². The highest BCUT2D eigenvalue weighted by Crippen LogP contribution is 2.22. The molecule has 7 nitrogen and oxygen atoms in total. The molecule has 0 spiro atoms. The van der Waals surface area contributed by atoms with E-state index in [1.54, 1.807) is 23.1 Å². The molecule has 1 aromatic heterocycles. The maximum Gasteiger partial charge on any atom is 0.356 e. The second-order valence-corrected chi connectivity index (χ2v) is 5.84. The minimum Gasteiger partial charge on any atom is -0.476 e. The van der Waals surface area contributed by atoms with Crippen LogP contribution >= 0.6 is 0 Å². The molecule has 2 heterocycles. The zero-order valence-electron chi connectivity index (χ0n) is 13.6. The van der Waals surface area contributed by atoms with Crippen LogP contribution in [0.1, 0.15) is 27.9 Å². The van der Waals surface area contributed by atoms with Gasteiger partial charge in [-0.05, 0) is 19.1 Å². The Morgan fingerprint density at radius 2 is 1.84 bits per heavy atom. The van der Waals surface area contributed by atoms with E-state index < -0.39 is 5.97 Å². The lowest BCUT2D eigenvalue weighted by Crippen LogP contribution is -2.54. The second-order valence-electron chi connectivity index (χ2n) is 5.84. The van der Waals surface area contributed by atoms with Crippen LogP contribution in [0.2, 0.25) is 0 Å². The number of benzene rings is 1. The topological polar surface area (TPSA) is 86.6 Å². The molecule has 1 aliphatic rings. The second kappa shape index (κ2) is 6.84. The van der Waals surface area contributed by atoms with Crippen molar-refractivity contribution in [3.63, 3.8) is 0 Å². The van der Waals surface area contributed by atoms with Crippen molar-refractivity contribution >= 4 is 17.6 Å². The fourth-order valence-corrected chi connectivity index (χ4v) is 2.88. The summed E-state index contributed by atoms with van der Waals surface area (Å²) in [6.07, 6.45) is 2.23. The van der Waals surface area contributed by atoms with Gasteiger partial charge in [-0.1, -0.05) is 12.1 Å². The Bertz CT molecular complexity index is 797. The monoisotopic (exact) mass is 344 g/mol. The van der Waals surface area contributed by atoms with Gasteiger partial charge in [-0.25, -0.2) is 19.2 Å². The van der Waals surface area contributed by atoms with Gasteiger partial charge in [-0.2, -0.15) is 0 Å². The Kier molecular flexibility index (Phi) is 4.60. The van der Waals surface area contributed by atoms with Crippen molar-refractivity contribution in [1.29, 1.82) is 0 Å². The van der Waals surface area contributed by atoms with Gasteiger partial charge in [0.2, 0.25) is 0 Å². The number of rotatable bonds is 3. The molecule has 1 amide bonds. The van der Waals surface area contributed by atoms with E-state index in [-0.39, 0.29) is 29.2 Å². The Hall–Kier alpha value is -3.03. The number of hydrogen-bond acceptors (Lipinski definition) is 5. The van der Waals surface area contributed by atoms with Gasteiger partial charge >= 0.3 is 5.97 Å². The maximum absolute atomic E-state index is 13.9. The molecule has 1 N–H and O–H groups in total. The maximum atomic E-state index is 13.9. The summed E-state index contributed by atoms with van der Waals surface area (Å²) >= 11 is 0. The lowest BCUT2D eigenvalue weighted by Gasteiger charge is -2.40. The number of carbonyl (C=O) groups excluding carboxylic acids is 1. The minimum atomic E-state index is -1.20. The SMILES string of the molecule is CC1CN(c2ccccc2F)CCN1C(=O)c1cnc(C(=O)O)cn1. The van der Waals surface area contributed by atoms with E-state index in [0.29, 0.717) is 25.3 Å². The number of carboxylic acid groups (broad SMARTS) is 1. The molecule has 3 rings (SSSR count). The Morgan fingerprint density at radius 3 is 2.44 bits per heavy atom. The van der Waals surface area contributed by atoms with Crippen LogP contribution in [0.5, 0.6) is 0 Å². The van der Waals surface area contributed by atoms with Gasteiger partial charge in [-0.3, -0.25) is 4.79 Å². The smallest absolute Gasteiger partial charge is 0.356 e. The molecule has 1 aliphatic heterocycles. The van der Waals surface area contributed by atoms with E-state index in [4.69, 9.17) is 5.11 Å². The number of aromatic nitrogens is 2. The van der Waals surface area contributed by atoms with Crippen molar-refractivity contribution in [3.05, 3.63) is 53.9 Å². The molecule has 25 heavy (non-hydrogen) atoms. The molecule has 0 radical (unpaired) electrons. The Balaban J connectivity index is 1.71. The number of piperazine rings is 1. The number of carboxylic acids is 1. The predicted octanol–water partition coefficient (Wildman–Crippen LogP) is 1.66. The van der Waals surface area contributed by atoms with Crippen LogP contribution in [0, 0.1) is 5.82 Å². The molecule has 0 saturated carbocycles. The number of amides is 1. The van der Waals surface area contributed by atoms with Gasteiger partial charge in [0.05, 0.1) is 18.1 Å². The molecule has 8 heteroatoms. The lowest BCUT2D eigenvalue weighted by atomic mass is 10.1. The predicted molar refractivity (Wildman–Crippen MR) is 88.1 cm³/mol. The Morgan fingerprint density at radius 1 is 1.16 bits per heavy atom. The fourth-order valence-electron chi connectivity index (χ4n) is 2.88. The average Bonchev–Trinajstić information content (AvgIpc) is 2.61. The van der Waals surface area contributed by atoms with Crippen LogP contribution in [0.25, 0.3) is 0 Å². The first-order valence-corrected chi connectivity index (χ1v) is 7.83. The number of nitrogens with zero attached hydrogens (tertiary/aromatic N) is 4. The van der Waals surface area contributed by atoms with Crippen molar-refractivity contribution in [2.75, 3.05) is 24.5 Å². The third-order valence-electron chi connectivity index (χ3n) is 4.17. The highest BCUT2D eigenvalue weighted by atomic mass is 19.1. The molecule has 1 aromatic carbocycles. The van der Waals surface area contributed by atoms with Crippen molar-refractivity contribution in [2.45, 2.75) is 13.0 Å². The minimum absolute atomic E-state index is 0.0937. The van der Waals surface area contributed by atoms with Gasteiger partial charge in [0.1, 0.15) is 11.5 Å². The molecule has 1 atom stereocenters. The van der Waals surface area contributed by atoms with E-state index in [1.165, 1.54) is 12.3 Å². The fraction of sp³-hybridized carbons (Fsp3) is 0.294. The number of hydrogen-bond donors (Lipinski definition) is 1. The number of halogens is 1. The van der Waals surface area contributed by atoms with E-state index in [9.17, 15) is 14.0 Å². The van der Waals surface area contributed by atoms with Crippen LogP contribution in [0.15, 0.2) is 36.7 Å². The number of para-hydroxylation sites is 1. The molecule has 130 valence electrons. The third kappa shape index (κ3) is 3.42. The highest BCUT2D eigenvalue weighted by Gasteiger charge is 2.30. The molecule has 2 aromatic rings. The summed E-state index contributed by atoms with van der Waals surface area (Å²) in [5.41, 5.74) is 0.400. The number of aromatic carboxylic acids is 1. The van der Waals surface area contributed by atoms with Crippen LogP contribution in [-0.4, -0.2) is 57.5 Å². The van der Waals surface area contributed by atoms with Crippen molar-refractivity contribution < 1.29 is 19.1 Å². The van der Waals surface area contributed by atoms with Crippen molar-refractivity contribution in [3.8, 4) is 0 Å². The quantitative estimate of drug-likeness (QED) is 0.911. The van der Waals surface area contributed by atoms with Crippen LogP contribution < -0.4 is 4.90 Å². The molecule has 1 unspecified atom stereocenters. The zero-order valence-corrected chi connectivity index (χ0v) is 13.6. The van der Waals surface area contributed by atoms with E-state index in [1.807, 2.05) is 11.8 Å². The van der Waals surface area contributed by atoms with Crippen molar-refractivity contribution in [2.24, 2.45) is 0 Å².